The third kappa shape index (κ3) is 4.72. The molecule has 1 aliphatic rings. The van der Waals surface area contributed by atoms with Gasteiger partial charge in [-0.15, -0.1) is 11.3 Å². The highest BCUT2D eigenvalue weighted by Gasteiger charge is 2.39. The lowest BCUT2D eigenvalue weighted by molar-refractivity contribution is -0.145. The molecule has 0 saturated carbocycles. The van der Waals surface area contributed by atoms with E-state index in [1.165, 1.54) is 6.08 Å². The SMILES string of the molecule is Cc1ccc2nc(C3CC=C(C(F)(F)Oc4ccc(-c5cc(F)c(F)c(F)c5)c(F)c4)CC3)sc2c1. The van der Waals surface area contributed by atoms with E-state index in [4.69, 9.17) is 4.74 Å². The van der Waals surface area contributed by atoms with Gasteiger partial charge in [0, 0.05) is 23.1 Å². The topological polar surface area (TPSA) is 22.1 Å². The predicted octanol–water partition coefficient (Wildman–Crippen LogP) is 8.69. The molecule has 5 rings (SSSR count). The first-order valence-corrected chi connectivity index (χ1v) is 12.0. The molecule has 1 atom stereocenters. The molecule has 0 bridgehead atoms. The predicted molar refractivity (Wildman–Crippen MR) is 126 cm³/mol. The molecule has 4 aromatic rings. The van der Waals surface area contributed by atoms with Crippen molar-refractivity contribution < 1.29 is 31.1 Å². The fourth-order valence-corrected chi connectivity index (χ4v) is 5.48. The Hall–Kier alpha value is -3.33. The number of hydrogen-bond donors (Lipinski definition) is 0. The third-order valence-electron chi connectivity index (χ3n) is 6.18. The Morgan fingerprint density at radius 1 is 0.944 bits per heavy atom. The minimum absolute atomic E-state index is 0.0236. The average Bonchev–Trinajstić information content (AvgIpc) is 3.25. The van der Waals surface area contributed by atoms with Crippen molar-refractivity contribution in [3.63, 3.8) is 0 Å². The van der Waals surface area contributed by atoms with Gasteiger partial charge in [0.05, 0.1) is 15.2 Å². The van der Waals surface area contributed by atoms with Crippen LogP contribution in [0.2, 0.25) is 0 Å². The molecule has 0 saturated heterocycles. The highest BCUT2D eigenvalue weighted by Crippen LogP contribution is 2.41. The van der Waals surface area contributed by atoms with Gasteiger partial charge in [0.1, 0.15) is 11.6 Å². The van der Waals surface area contributed by atoms with Crippen LogP contribution < -0.4 is 4.74 Å². The second-order valence-electron chi connectivity index (χ2n) is 8.74. The minimum Gasteiger partial charge on any atom is -0.429 e. The van der Waals surface area contributed by atoms with Gasteiger partial charge in [0.2, 0.25) is 0 Å². The first-order valence-electron chi connectivity index (χ1n) is 11.2. The van der Waals surface area contributed by atoms with E-state index in [9.17, 15) is 26.3 Å². The van der Waals surface area contributed by atoms with Gasteiger partial charge in [-0.2, -0.15) is 8.78 Å². The number of alkyl halides is 2. The molecule has 0 aliphatic heterocycles. The van der Waals surface area contributed by atoms with Crippen LogP contribution in [0.25, 0.3) is 21.3 Å². The van der Waals surface area contributed by atoms with E-state index >= 15 is 0 Å². The van der Waals surface area contributed by atoms with Crippen LogP contribution in [0.15, 0.2) is 60.2 Å². The number of allylic oxidation sites excluding steroid dienone is 1. The monoisotopic (exact) mass is 519 g/mol. The van der Waals surface area contributed by atoms with Gasteiger partial charge in [-0.25, -0.2) is 22.5 Å². The highest BCUT2D eigenvalue weighted by molar-refractivity contribution is 7.18. The standard InChI is InChI=1S/C27H19F6NOS/c1-14-2-9-23-24(10-14)36-26(34-23)15-3-5-17(6-4-15)27(32,33)35-18-7-8-19(20(28)13-18)16-11-21(29)25(31)22(30)12-16/h2,5,7-13,15H,3-4,6H2,1H3. The zero-order valence-corrected chi connectivity index (χ0v) is 19.7. The molecule has 0 spiro atoms. The fourth-order valence-electron chi connectivity index (χ4n) is 4.27. The Morgan fingerprint density at radius 3 is 2.36 bits per heavy atom. The van der Waals surface area contributed by atoms with Crippen molar-refractivity contribution in [3.8, 4) is 16.9 Å². The van der Waals surface area contributed by atoms with Crippen molar-refractivity contribution in [1.29, 1.82) is 0 Å². The Balaban J connectivity index is 1.31. The minimum atomic E-state index is -3.67. The van der Waals surface area contributed by atoms with Crippen LogP contribution in [0.5, 0.6) is 5.75 Å². The largest absolute Gasteiger partial charge is 0.429 e. The summed E-state index contributed by atoms with van der Waals surface area (Å²) in [4.78, 5) is 4.65. The maximum atomic E-state index is 14.9. The Morgan fingerprint density at radius 2 is 1.69 bits per heavy atom. The van der Waals surface area contributed by atoms with Gasteiger partial charge >= 0.3 is 6.11 Å². The van der Waals surface area contributed by atoms with Crippen molar-refractivity contribution in [2.45, 2.75) is 38.2 Å². The lowest BCUT2D eigenvalue weighted by Gasteiger charge is -2.26. The molecule has 0 radical (unpaired) electrons. The molecule has 1 heterocycles. The zero-order valence-electron chi connectivity index (χ0n) is 18.9. The molecule has 0 fully saturated rings. The summed E-state index contributed by atoms with van der Waals surface area (Å²) in [5, 5.41) is 0.904. The van der Waals surface area contributed by atoms with Gasteiger partial charge in [-0.1, -0.05) is 12.1 Å². The number of ether oxygens (including phenoxy) is 1. The van der Waals surface area contributed by atoms with E-state index in [1.807, 2.05) is 19.1 Å². The summed E-state index contributed by atoms with van der Waals surface area (Å²) in [6, 6.07) is 10.1. The van der Waals surface area contributed by atoms with E-state index in [0.717, 1.165) is 32.9 Å². The van der Waals surface area contributed by atoms with Crippen molar-refractivity contribution in [2.75, 3.05) is 0 Å². The number of aryl methyl sites for hydroxylation is 1. The van der Waals surface area contributed by atoms with Crippen LogP contribution in [0, 0.1) is 30.2 Å². The molecule has 36 heavy (non-hydrogen) atoms. The number of aromatic nitrogens is 1. The van der Waals surface area contributed by atoms with E-state index in [1.54, 1.807) is 11.3 Å². The van der Waals surface area contributed by atoms with Crippen molar-refractivity contribution in [3.05, 3.63) is 94.0 Å². The van der Waals surface area contributed by atoms with Crippen LogP contribution in [0.3, 0.4) is 0 Å². The van der Waals surface area contributed by atoms with E-state index < -0.39 is 35.1 Å². The van der Waals surface area contributed by atoms with E-state index in [2.05, 4.69) is 11.1 Å². The van der Waals surface area contributed by atoms with Crippen molar-refractivity contribution in [2.24, 2.45) is 0 Å². The van der Waals surface area contributed by atoms with Crippen LogP contribution in [-0.4, -0.2) is 11.1 Å². The summed E-state index contributed by atoms with van der Waals surface area (Å²) < 4.78 is 90.4. The number of nitrogens with zero attached hydrogens (tertiary/aromatic N) is 1. The first kappa shape index (κ1) is 24.4. The van der Waals surface area contributed by atoms with Crippen LogP contribution in [-0.2, 0) is 0 Å². The van der Waals surface area contributed by atoms with Gasteiger partial charge in [-0.05, 0) is 73.7 Å². The molecule has 0 amide bonds. The number of halogens is 6. The van der Waals surface area contributed by atoms with Gasteiger partial charge in [0.15, 0.2) is 17.5 Å². The second-order valence-corrected chi connectivity index (χ2v) is 9.80. The summed E-state index contributed by atoms with van der Waals surface area (Å²) in [7, 11) is 0. The van der Waals surface area contributed by atoms with Gasteiger partial charge < -0.3 is 4.74 Å². The Bertz CT molecular complexity index is 1470. The molecule has 1 aliphatic carbocycles. The normalized spacial score (nSPS) is 16.3. The Labute approximate surface area is 206 Å². The summed E-state index contributed by atoms with van der Waals surface area (Å²) in [5.74, 6) is -6.12. The highest BCUT2D eigenvalue weighted by atomic mass is 32.1. The third-order valence-corrected chi connectivity index (χ3v) is 7.36. The Kier molecular flexibility index (Phi) is 6.28. The van der Waals surface area contributed by atoms with Gasteiger partial charge in [-0.3, -0.25) is 0 Å². The molecule has 0 N–H and O–H groups in total. The molecule has 9 heteroatoms. The number of thiazole rings is 1. The average molecular weight is 520 g/mol. The lowest BCUT2D eigenvalue weighted by atomic mass is 9.89. The van der Waals surface area contributed by atoms with Crippen molar-refractivity contribution >= 4 is 21.6 Å². The molecule has 1 aromatic heterocycles. The first-order chi connectivity index (χ1) is 17.1. The number of benzene rings is 3. The van der Waals surface area contributed by atoms with E-state index in [0.29, 0.717) is 31.0 Å². The van der Waals surface area contributed by atoms with E-state index in [-0.39, 0.29) is 29.0 Å². The summed E-state index contributed by atoms with van der Waals surface area (Å²) in [5.41, 5.74) is 1.26. The molecular formula is C27H19F6NOS. The zero-order chi connectivity index (χ0) is 25.6. The number of hydrogen-bond acceptors (Lipinski definition) is 3. The van der Waals surface area contributed by atoms with Crippen LogP contribution in [0.4, 0.5) is 26.3 Å². The summed E-state index contributed by atoms with van der Waals surface area (Å²) >= 11 is 1.56. The quantitative estimate of drug-likeness (QED) is 0.150. The maximum Gasteiger partial charge on any atom is 0.422 e. The molecule has 2 nitrogen and oxygen atoms in total. The second kappa shape index (κ2) is 9.28. The molecule has 186 valence electrons. The molecule has 1 unspecified atom stereocenters. The lowest BCUT2D eigenvalue weighted by Crippen LogP contribution is -2.29. The maximum absolute atomic E-state index is 14.9. The van der Waals surface area contributed by atoms with Crippen LogP contribution in [0.1, 0.15) is 35.8 Å². The number of rotatable bonds is 5. The fraction of sp³-hybridized carbons (Fsp3) is 0.222. The number of fused-ring (bicyclic) bond motifs is 1. The summed E-state index contributed by atoms with van der Waals surface area (Å²) in [6.07, 6.45) is -1.29. The molecular weight excluding hydrogens is 500 g/mol. The smallest absolute Gasteiger partial charge is 0.422 e. The summed E-state index contributed by atoms with van der Waals surface area (Å²) in [6.45, 7) is 2.00. The van der Waals surface area contributed by atoms with Gasteiger partial charge in [0.25, 0.3) is 0 Å². The van der Waals surface area contributed by atoms with Crippen LogP contribution >= 0.6 is 11.3 Å². The van der Waals surface area contributed by atoms with Crippen molar-refractivity contribution in [1.82, 2.24) is 4.98 Å². The molecule has 3 aromatic carbocycles.